The van der Waals surface area contributed by atoms with E-state index in [1.807, 2.05) is 37.3 Å². The van der Waals surface area contributed by atoms with E-state index in [0.717, 1.165) is 18.5 Å². The lowest BCUT2D eigenvalue weighted by atomic mass is 10.1. The summed E-state index contributed by atoms with van der Waals surface area (Å²) in [5, 5.41) is 2.89. The summed E-state index contributed by atoms with van der Waals surface area (Å²) in [6, 6.07) is 9.07. The minimum absolute atomic E-state index is 0.0821. The van der Waals surface area contributed by atoms with Crippen molar-refractivity contribution in [1.29, 1.82) is 0 Å². The fourth-order valence-corrected chi connectivity index (χ4v) is 2.58. The third-order valence-corrected chi connectivity index (χ3v) is 3.69. The first-order chi connectivity index (χ1) is 10.1. The van der Waals surface area contributed by atoms with Crippen molar-refractivity contribution in [2.24, 2.45) is 5.73 Å². The third-order valence-electron chi connectivity index (χ3n) is 3.69. The zero-order valence-corrected chi connectivity index (χ0v) is 12.4. The topological polar surface area (TPSA) is 75.4 Å². The van der Waals surface area contributed by atoms with Crippen LogP contribution in [0.4, 0.5) is 0 Å². The number of hydrogen-bond acceptors (Lipinski definition) is 3. The lowest BCUT2D eigenvalue weighted by Gasteiger charge is -2.23. The number of likely N-dealkylation sites (tertiary alicyclic amines) is 1. The van der Waals surface area contributed by atoms with Crippen LogP contribution < -0.4 is 11.1 Å². The molecule has 1 saturated heterocycles. The van der Waals surface area contributed by atoms with E-state index in [4.69, 9.17) is 5.73 Å². The lowest BCUT2D eigenvalue weighted by molar-refractivity contribution is -0.129. The van der Waals surface area contributed by atoms with E-state index in [-0.39, 0.29) is 17.9 Å². The summed E-state index contributed by atoms with van der Waals surface area (Å²) in [6.07, 6.45) is 2.04. The van der Waals surface area contributed by atoms with Gasteiger partial charge in [-0.3, -0.25) is 9.59 Å². The number of carbonyl (C=O) groups excluding carboxylic acids is 2. The molecule has 21 heavy (non-hydrogen) atoms. The quantitative estimate of drug-likeness (QED) is 0.809. The van der Waals surface area contributed by atoms with E-state index < -0.39 is 6.04 Å². The first-order valence-corrected chi connectivity index (χ1v) is 7.44. The van der Waals surface area contributed by atoms with Crippen LogP contribution >= 0.6 is 0 Å². The Bertz CT molecular complexity index is 490. The van der Waals surface area contributed by atoms with Crippen LogP contribution in [0.2, 0.25) is 0 Å². The molecule has 1 aromatic carbocycles. The molecule has 0 radical (unpaired) electrons. The van der Waals surface area contributed by atoms with Gasteiger partial charge >= 0.3 is 0 Å². The Labute approximate surface area is 125 Å². The zero-order valence-electron chi connectivity index (χ0n) is 12.4. The molecule has 1 unspecified atom stereocenters. The number of benzene rings is 1. The van der Waals surface area contributed by atoms with E-state index in [9.17, 15) is 9.59 Å². The molecule has 2 atom stereocenters. The number of nitrogens with one attached hydrogen (secondary N) is 1. The van der Waals surface area contributed by atoms with Crippen molar-refractivity contribution >= 4 is 11.8 Å². The van der Waals surface area contributed by atoms with E-state index in [2.05, 4.69) is 5.32 Å². The molecule has 1 aliphatic heterocycles. The number of nitrogens with two attached hydrogens (primary N) is 1. The van der Waals surface area contributed by atoms with Crippen molar-refractivity contribution in [3.8, 4) is 0 Å². The van der Waals surface area contributed by atoms with Gasteiger partial charge in [0.25, 0.3) is 0 Å². The molecule has 5 heteroatoms. The molecule has 5 nitrogen and oxygen atoms in total. The highest BCUT2D eigenvalue weighted by Crippen LogP contribution is 2.10. The lowest BCUT2D eigenvalue weighted by Crippen LogP contribution is -2.49. The van der Waals surface area contributed by atoms with E-state index >= 15 is 0 Å². The minimum Gasteiger partial charge on any atom is -0.351 e. The predicted octanol–water partition coefficient (Wildman–Crippen LogP) is 0.684. The average molecular weight is 289 g/mol. The second-order valence-corrected chi connectivity index (χ2v) is 5.65. The molecule has 2 rings (SSSR count). The van der Waals surface area contributed by atoms with Crippen LogP contribution in [0.5, 0.6) is 0 Å². The predicted molar refractivity (Wildman–Crippen MR) is 81.5 cm³/mol. The van der Waals surface area contributed by atoms with Crippen molar-refractivity contribution in [2.45, 2.75) is 38.3 Å². The highest BCUT2D eigenvalue weighted by molar-refractivity contribution is 5.82. The average Bonchev–Trinajstić information content (AvgIpc) is 2.85. The van der Waals surface area contributed by atoms with Crippen molar-refractivity contribution < 1.29 is 9.59 Å². The standard InChI is InChI=1S/C16H23N3O2/c1-12(11-19-9-5-8-15(19)20)18-16(21)14(17)10-13-6-3-2-4-7-13/h2-4,6-7,12,14H,5,8-11,17H2,1H3,(H,18,21)/t12?,14-/m1/s1. The third kappa shape index (κ3) is 4.56. The maximum absolute atomic E-state index is 12.1. The largest absolute Gasteiger partial charge is 0.351 e. The van der Waals surface area contributed by atoms with Crippen LogP contribution in [-0.4, -0.2) is 41.9 Å². The van der Waals surface area contributed by atoms with E-state index in [1.54, 1.807) is 4.90 Å². The molecular weight excluding hydrogens is 266 g/mol. The fourth-order valence-electron chi connectivity index (χ4n) is 2.58. The Morgan fingerprint density at radius 2 is 2.10 bits per heavy atom. The van der Waals surface area contributed by atoms with Gasteiger partial charge in [0, 0.05) is 25.6 Å². The number of rotatable bonds is 6. The highest BCUT2D eigenvalue weighted by Gasteiger charge is 2.23. The van der Waals surface area contributed by atoms with Crippen molar-refractivity contribution in [3.63, 3.8) is 0 Å². The summed E-state index contributed by atoms with van der Waals surface area (Å²) in [6.45, 7) is 3.25. The van der Waals surface area contributed by atoms with E-state index in [1.165, 1.54) is 0 Å². The summed E-state index contributed by atoms with van der Waals surface area (Å²) in [7, 11) is 0. The van der Waals surface area contributed by atoms with Gasteiger partial charge in [-0.15, -0.1) is 0 Å². The monoisotopic (exact) mass is 289 g/mol. The van der Waals surface area contributed by atoms with Crippen LogP contribution in [0, 0.1) is 0 Å². The van der Waals surface area contributed by atoms with Gasteiger partial charge in [0.05, 0.1) is 6.04 Å². The maximum Gasteiger partial charge on any atom is 0.237 e. The molecule has 0 spiro atoms. The van der Waals surface area contributed by atoms with Crippen molar-refractivity contribution in [1.82, 2.24) is 10.2 Å². The molecule has 1 aromatic rings. The second-order valence-electron chi connectivity index (χ2n) is 5.65. The number of carbonyl (C=O) groups is 2. The van der Waals surface area contributed by atoms with Crippen LogP contribution in [0.3, 0.4) is 0 Å². The normalized spacial score (nSPS) is 17.6. The Hall–Kier alpha value is -1.88. The van der Waals surface area contributed by atoms with Gasteiger partial charge in [0.2, 0.25) is 11.8 Å². The van der Waals surface area contributed by atoms with Crippen LogP contribution in [0.1, 0.15) is 25.3 Å². The zero-order chi connectivity index (χ0) is 15.2. The van der Waals surface area contributed by atoms with Crippen LogP contribution in [0.25, 0.3) is 0 Å². The molecule has 0 aliphatic carbocycles. The van der Waals surface area contributed by atoms with Gasteiger partial charge < -0.3 is 16.0 Å². The molecule has 0 bridgehead atoms. The van der Waals surface area contributed by atoms with Crippen molar-refractivity contribution in [3.05, 3.63) is 35.9 Å². The van der Waals surface area contributed by atoms with Crippen LogP contribution in [0.15, 0.2) is 30.3 Å². The van der Waals surface area contributed by atoms with Crippen molar-refractivity contribution in [2.75, 3.05) is 13.1 Å². The van der Waals surface area contributed by atoms with Gasteiger partial charge in [-0.2, -0.15) is 0 Å². The highest BCUT2D eigenvalue weighted by atomic mass is 16.2. The van der Waals surface area contributed by atoms with Gasteiger partial charge in [0.15, 0.2) is 0 Å². The summed E-state index contributed by atoms with van der Waals surface area (Å²) in [5.74, 6) is 0.00248. The van der Waals surface area contributed by atoms with Gasteiger partial charge in [-0.05, 0) is 25.3 Å². The smallest absolute Gasteiger partial charge is 0.237 e. The van der Waals surface area contributed by atoms with E-state index in [0.29, 0.717) is 19.4 Å². The first-order valence-electron chi connectivity index (χ1n) is 7.44. The Morgan fingerprint density at radius 1 is 1.38 bits per heavy atom. The van der Waals surface area contributed by atoms with Gasteiger partial charge in [-0.25, -0.2) is 0 Å². The molecule has 1 fully saturated rings. The molecule has 114 valence electrons. The number of hydrogen-bond donors (Lipinski definition) is 2. The number of amides is 2. The minimum atomic E-state index is -0.566. The molecule has 3 N–H and O–H groups in total. The fraction of sp³-hybridized carbons (Fsp3) is 0.500. The molecule has 1 aliphatic rings. The summed E-state index contributed by atoms with van der Waals surface area (Å²) in [5.41, 5.74) is 6.98. The Kier molecular flexibility index (Phi) is 5.33. The maximum atomic E-state index is 12.1. The molecular formula is C16H23N3O2. The van der Waals surface area contributed by atoms with Crippen LogP contribution in [-0.2, 0) is 16.0 Å². The molecule has 0 aromatic heterocycles. The SMILES string of the molecule is CC(CN1CCCC1=O)NC(=O)[C@H](N)Cc1ccccc1. The number of nitrogens with zero attached hydrogens (tertiary/aromatic N) is 1. The summed E-state index contributed by atoms with van der Waals surface area (Å²) >= 11 is 0. The second kappa shape index (κ2) is 7.22. The van der Waals surface area contributed by atoms with Gasteiger partial charge in [0.1, 0.15) is 0 Å². The summed E-state index contributed by atoms with van der Waals surface area (Å²) < 4.78 is 0. The molecule has 0 saturated carbocycles. The summed E-state index contributed by atoms with van der Waals surface area (Å²) in [4.78, 5) is 25.4. The van der Waals surface area contributed by atoms with Gasteiger partial charge in [-0.1, -0.05) is 30.3 Å². The first kappa shape index (κ1) is 15.5. The molecule has 2 amide bonds. The Morgan fingerprint density at radius 3 is 2.71 bits per heavy atom. The Balaban J connectivity index is 1.78. The molecule has 1 heterocycles.